The van der Waals surface area contributed by atoms with Crippen LogP contribution >= 0.6 is 0 Å². The van der Waals surface area contributed by atoms with E-state index in [0.717, 1.165) is 216 Å². The van der Waals surface area contributed by atoms with Crippen molar-refractivity contribution in [3.05, 3.63) is 218 Å². The lowest BCUT2D eigenvalue weighted by Crippen LogP contribution is -2.53. The lowest BCUT2D eigenvalue weighted by Gasteiger charge is -2.45. The van der Waals surface area contributed by atoms with Gasteiger partial charge in [-0.2, -0.15) is 5.26 Å². The van der Waals surface area contributed by atoms with E-state index in [1.165, 1.54) is 104 Å². The number of ether oxygens (including phenoxy) is 5. The molecule has 0 bridgehead atoms. The minimum absolute atomic E-state index is 0.0350. The van der Waals surface area contributed by atoms with Gasteiger partial charge in [0.15, 0.2) is 55.8 Å². The Balaban J connectivity index is 0.000000118. The molecule has 11 aliphatic carbocycles. The summed E-state index contributed by atoms with van der Waals surface area (Å²) in [5.41, 5.74) is 37.9. The number of likely N-dealkylation sites (N-methyl/N-ethyl adjacent to an activating group) is 1. The van der Waals surface area contributed by atoms with Crippen LogP contribution in [0.4, 0.5) is 0 Å². The van der Waals surface area contributed by atoms with Gasteiger partial charge in [-0.3, -0.25) is 38.8 Å². The molecular formula is C110H139N15O12S. The van der Waals surface area contributed by atoms with E-state index < -0.39 is 32.0 Å². The van der Waals surface area contributed by atoms with Gasteiger partial charge in [0, 0.05) is 76.6 Å². The van der Waals surface area contributed by atoms with Gasteiger partial charge in [-0.25, -0.2) is 33.4 Å². The highest BCUT2D eigenvalue weighted by atomic mass is 32.2. The Morgan fingerprint density at radius 2 is 0.797 bits per heavy atom. The number of hydrogen-bond donors (Lipinski definition) is 4. The average Bonchev–Trinajstić information content (AvgIpc) is 1.54. The molecule has 15 aliphatic rings. The average molecular weight is 1900 g/mol. The van der Waals surface area contributed by atoms with Crippen molar-refractivity contribution in [1.29, 1.82) is 5.26 Å². The molecule has 0 radical (unpaired) electrons. The molecule has 27 nitrogen and oxygen atoms in total. The topological polar surface area (TPSA) is 368 Å². The van der Waals surface area contributed by atoms with Crippen LogP contribution in [0, 0.1) is 50.7 Å². The van der Waals surface area contributed by atoms with Crippen molar-refractivity contribution in [3.8, 4) is 17.2 Å². The van der Waals surface area contributed by atoms with Crippen molar-refractivity contribution in [3.63, 3.8) is 0 Å². The molecule has 138 heavy (non-hydrogen) atoms. The number of sulfone groups is 1. The second kappa shape index (κ2) is 38.5. The summed E-state index contributed by atoms with van der Waals surface area (Å²) in [5, 5.41) is 9.35. The number of aromatic nitrogens is 1. The van der Waals surface area contributed by atoms with Crippen LogP contribution < -0.4 is 22.9 Å². The van der Waals surface area contributed by atoms with Crippen molar-refractivity contribution >= 4 is 57.3 Å². The number of benzene rings is 6. The zero-order valence-corrected chi connectivity index (χ0v) is 82.7. The molecule has 28 heteroatoms. The van der Waals surface area contributed by atoms with E-state index in [1.807, 2.05) is 50.5 Å². The van der Waals surface area contributed by atoms with Gasteiger partial charge in [0.05, 0.1) is 67.7 Å². The van der Waals surface area contributed by atoms with E-state index in [1.54, 1.807) is 73.5 Å². The molecule has 4 unspecified atom stereocenters. The number of nitriles is 1. The minimum atomic E-state index is -3.17. The predicted molar refractivity (Wildman–Crippen MR) is 530 cm³/mol. The highest BCUT2D eigenvalue weighted by Gasteiger charge is 2.72. The largest absolute Gasteiger partial charge is 0.447 e. The molecule has 4 aliphatic heterocycles. The Kier molecular flexibility index (Phi) is 26.9. The maximum atomic E-state index is 14.6. The van der Waals surface area contributed by atoms with E-state index in [-0.39, 0.29) is 106 Å². The number of carbonyl (C=O) groups is 4. The van der Waals surface area contributed by atoms with Gasteiger partial charge in [-0.05, 0) is 300 Å². The zero-order chi connectivity index (χ0) is 96.5. The number of fused-ring (bicyclic) bond motifs is 12. The van der Waals surface area contributed by atoms with Crippen LogP contribution in [0.15, 0.2) is 158 Å². The van der Waals surface area contributed by atoms with Crippen molar-refractivity contribution in [1.82, 2.24) is 29.5 Å². The third-order valence-corrected chi connectivity index (χ3v) is 35.3. The van der Waals surface area contributed by atoms with Crippen LogP contribution in [-0.4, -0.2) is 192 Å². The van der Waals surface area contributed by atoms with Crippen LogP contribution in [0.5, 0.6) is 0 Å². The van der Waals surface area contributed by atoms with Gasteiger partial charge < -0.3 is 55.9 Å². The lowest BCUT2D eigenvalue weighted by molar-refractivity contribution is -0.139. The third-order valence-electron chi connectivity index (χ3n) is 34.5. The Hall–Kier alpha value is -10.5. The predicted octanol–water partition coefficient (Wildman–Crippen LogP) is 14.4. The number of oxazole rings is 1. The summed E-state index contributed by atoms with van der Waals surface area (Å²) in [7, 11) is 9.59. The minimum Gasteiger partial charge on any atom is -0.447 e. The molecular weight excluding hydrogens is 1760 g/mol. The van der Waals surface area contributed by atoms with E-state index in [0.29, 0.717) is 42.7 Å². The number of amides is 4. The Morgan fingerprint density at radius 1 is 0.435 bits per heavy atom. The first-order chi connectivity index (χ1) is 66.5. The van der Waals surface area contributed by atoms with E-state index in [2.05, 4.69) is 88.7 Å². The van der Waals surface area contributed by atoms with Crippen LogP contribution in [-0.2, 0) is 139 Å². The summed E-state index contributed by atoms with van der Waals surface area (Å²) in [6.07, 6.45) is 38.1. The maximum absolute atomic E-state index is 14.6. The molecule has 8 spiro atoms. The smallest absolute Gasteiger partial charge is 0.263 e. The highest BCUT2D eigenvalue weighted by Crippen LogP contribution is 2.67. The van der Waals surface area contributed by atoms with Crippen LogP contribution in [0.2, 0.25) is 0 Å². The van der Waals surface area contributed by atoms with Gasteiger partial charge in [-0.1, -0.05) is 142 Å². The SMILES string of the molecule is COC1CCC2(CC1)Cc1ccc(CCC3CC3)cc1C21N=C(N)N(CCN(C)C)C1=O.COC1CCC2(CC1)Cc1ccc(CCC3CC3)cc1C21N=C(N)N(Cc2cccc(CS(C)(=O)=O)c2)C1=O.COC1CCC2(CC1)Cc1ccc(CCC3CC3)cc1C21N=C(N)N(Cc2ncco2)C1=O.COCCN1C(=O)C2(N=C1N)c1cc(-c3cccc(C#N)c3)ccc1CC21CCC(OC)CC1. The molecule has 1 aromatic heterocycles. The molecule has 4 atom stereocenters. The summed E-state index contributed by atoms with van der Waals surface area (Å²) in [6, 6.07) is 43.8. The molecule has 4 amide bonds. The summed E-state index contributed by atoms with van der Waals surface area (Å²) in [6.45, 7) is 2.59. The number of nitrogens with zero attached hydrogens (tertiary/aromatic N) is 11. The van der Waals surface area contributed by atoms with Gasteiger partial charge in [0.2, 0.25) is 5.89 Å². The molecule has 732 valence electrons. The second-order valence-electron chi connectivity index (χ2n) is 43.1. The van der Waals surface area contributed by atoms with E-state index >= 15 is 0 Å². The molecule has 7 aromatic rings. The fourth-order valence-corrected chi connectivity index (χ4v) is 27.1. The molecule has 7 saturated carbocycles. The highest BCUT2D eigenvalue weighted by molar-refractivity contribution is 7.89. The van der Waals surface area contributed by atoms with Crippen molar-refractivity contribution in [2.45, 2.75) is 271 Å². The molecule has 5 heterocycles. The summed E-state index contributed by atoms with van der Waals surface area (Å²) >= 11 is 0. The van der Waals surface area contributed by atoms with Crippen molar-refractivity contribution in [2.75, 3.05) is 82.1 Å². The number of nitrogens with two attached hydrogens (primary N) is 4. The van der Waals surface area contributed by atoms with E-state index in [9.17, 15) is 32.9 Å². The first-order valence-corrected chi connectivity index (χ1v) is 52.7. The molecule has 7 fully saturated rings. The normalized spacial score (nSPS) is 29.6. The van der Waals surface area contributed by atoms with Gasteiger partial charge >= 0.3 is 0 Å². The molecule has 6 aromatic carbocycles. The number of guanidine groups is 4. The number of carbonyl (C=O) groups excluding carboxylic acids is 4. The summed E-state index contributed by atoms with van der Waals surface area (Å²) in [5.74, 6) is 4.16. The summed E-state index contributed by atoms with van der Waals surface area (Å²) in [4.78, 5) is 90.4. The molecule has 8 N–H and O–H groups in total. The first kappa shape index (κ1) is 96.4. The summed E-state index contributed by atoms with van der Waals surface area (Å²) < 4.78 is 57.1. The zero-order valence-electron chi connectivity index (χ0n) is 81.9. The van der Waals surface area contributed by atoms with Crippen LogP contribution in [0.1, 0.15) is 244 Å². The number of rotatable bonds is 26. The fourth-order valence-electron chi connectivity index (χ4n) is 26.3. The number of methoxy groups -OCH3 is 5. The Labute approximate surface area is 813 Å². The number of hydrogen-bond acceptors (Lipinski definition) is 23. The molecule has 0 saturated heterocycles. The van der Waals surface area contributed by atoms with Gasteiger partial charge in [-0.15, -0.1) is 0 Å². The Bertz CT molecular complexity index is 6060. The standard InChI is InChI=1S/C31H39N3O4S.C27H30N4O3.C26H32N4O3.C26H38N4O2/c1-38-26-12-14-30(15-13-26)18-25-11-10-22(9-8-21-6-7-21)17-27(25)31(30)28(35)34(29(32)33-31)19-23-4-3-5-24(16-23)20-39(2,36)37;1-33-13-12-31-24(32)27(30-25(31)29)23-15-20(19-5-3-4-18(14-19)17-28)6-7-21(23)16-26(27)10-8-22(34-2)9-11-26;1-32-20-8-10-25(11-9-20)15-19-7-6-18(5-4-17-2-3-17)14-21(19)26(25)23(31)30(24(27)29-26)16-22-28-12-13-33-22;1-29(2)14-15-30-23(31)26(28-24(30)27)22-16-19(7-6-18-4-5-18)8-9-20(22)17-25(26)12-10-21(32-3)11-13-25/h3-5,10-11,16-17,21,26H,6-9,12-15,18-20H2,1-2H3,(H2,32,33);3-7,14-15,22H,8-13,16H2,1-2H3,(H2,29,30);6-7,12-14,17,20H,2-5,8-11,15-16H2,1H3,(H2,27,29);8-9,16,18,21H,4-7,10-15,17H2,1-3H3,(H2,27,28). The van der Waals surface area contributed by atoms with Gasteiger partial charge in [0.25, 0.3) is 23.6 Å². The monoisotopic (exact) mass is 1890 g/mol. The first-order valence-electron chi connectivity index (χ1n) is 50.6. The van der Waals surface area contributed by atoms with Crippen molar-refractivity contribution in [2.24, 2.45) is 82.3 Å². The molecule has 22 rings (SSSR count). The second-order valence-corrected chi connectivity index (χ2v) is 45.2. The van der Waals surface area contributed by atoms with Gasteiger partial charge in [0.1, 0.15) is 12.8 Å². The van der Waals surface area contributed by atoms with Crippen molar-refractivity contribution < 1.29 is 55.7 Å². The van der Waals surface area contributed by atoms with Crippen LogP contribution in [0.3, 0.4) is 0 Å². The number of aliphatic imine (C=N–C) groups is 4. The number of aryl methyl sites for hydroxylation is 3. The maximum Gasteiger partial charge on any atom is 0.263 e. The van der Waals surface area contributed by atoms with Crippen LogP contribution in [0.25, 0.3) is 11.1 Å². The quantitative estimate of drug-likeness (QED) is 0.0391. The Morgan fingerprint density at radius 3 is 1.17 bits per heavy atom. The third kappa shape index (κ3) is 17.6. The van der Waals surface area contributed by atoms with E-state index in [4.69, 9.17) is 71.0 Å². The lowest BCUT2D eigenvalue weighted by atomic mass is 9.61. The fraction of sp³-hybridized carbons (Fsp3) is 0.564.